The van der Waals surface area contributed by atoms with Gasteiger partial charge in [-0.2, -0.15) is 0 Å². The zero-order valence-electron chi connectivity index (χ0n) is 21.3. The molecule has 2 saturated carbocycles. The van der Waals surface area contributed by atoms with Crippen LogP contribution in [0.3, 0.4) is 0 Å². The molecule has 0 bridgehead atoms. The summed E-state index contributed by atoms with van der Waals surface area (Å²) in [5.41, 5.74) is 3.41. The van der Waals surface area contributed by atoms with Crippen LogP contribution in [0.2, 0.25) is 0 Å². The lowest BCUT2D eigenvalue weighted by Crippen LogP contribution is -2.63. The maximum absolute atomic E-state index is 12.8. The molecule has 0 N–H and O–H groups in total. The van der Waals surface area contributed by atoms with Crippen LogP contribution >= 0.6 is 0 Å². The van der Waals surface area contributed by atoms with Crippen molar-refractivity contribution in [3.8, 4) is 5.75 Å². The highest BCUT2D eigenvalue weighted by Gasteiger charge is 2.64. The summed E-state index contributed by atoms with van der Waals surface area (Å²) in [5, 5.41) is 0. The summed E-state index contributed by atoms with van der Waals surface area (Å²) in [4.78, 5) is 19.6. The molecule has 1 amide bonds. The molecule has 5 rings (SSSR count). The molecule has 1 saturated heterocycles. The van der Waals surface area contributed by atoms with E-state index >= 15 is 0 Å². The minimum absolute atomic E-state index is 0.164. The third-order valence-corrected chi connectivity index (χ3v) is 10.7. The predicted molar refractivity (Wildman–Crippen MR) is 133 cm³/mol. The number of carbonyl (C=O) groups excluding carboxylic acids is 1. The van der Waals surface area contributed by atoms with E-state index in [1.165, 1.54) is 43.2 Å². The normalized spacial score (nSPS) is 39.8. The minimum atomic E-state index is 0.164. The molecule has 1 aliphatic heterocycles. The summed E-state index contributed by atoms with van der Waals surface area (Å²) >= 11 is 0. The Morgan fingerprint density at radius 1 is 1.12 bits per heavy atom. The van der Waals surface area contributed by atoms with Gasteiger partial charge in [-0.25, -0.2) is 0 Å². The van der Waals surface area contributed by atoms with Gasteiger partial charge in [0.05, 0.1) is 12.8 Å². The van der Waals surface area contributed by atoms with Crippen molar-refractivity contribution < 1.29 is 9.53 Å². The molecule has 1 aromatic rings. The number of hydrogen-bond donors (Lipinski definition) is 0. The lowest BCUT2D eigenvalue weighted by atomic mass is 9.42. The zero-order chi connectivity index (χ0) is 23.4. The summed E-state index contributed by atoms with van der Waals surface area (Å²) in [6.45, 7) is 13.3. The first-order valence-corrected chi connectivity index (χ1v) is 13.4. The van der Waals surface area contributed by atoms with Crippen LogP contribution in [0.4, 0.5) is 0 Å². The molecule has 0 aromatic carbocycles. The van der Waals surface area contributed by atoms with Crippen LogP contribution in [0, 0.1) is 28.1 Å². The van der Waals surface area contributed by atoms with Gasteiger partial charge in [0.15, 0.2) is 0 Å². The number of amides is 1. The molecule has 0 radical (unpaired) electrons. The second kappa shape index (κ2) is 8.13. The quantitative estimate of drug-likeness (QED) is 0.525. The van der Waals surface area contributed by atoms with Gasteiger partial charge in [-0.3, -0.25) is 9.78 Å². The number of piperidine rings is 1. The summed E-state index contributed by atoms with van der Waals surface area (Å²) in [5.74, 6) is 2.66. The number of hydrogen-bond acceptors (Lipinski definition) is 3. The van der Waals surface area contributed by atoms with Gasteiger partial charge in [0.1, 0.15) is 5.75 Å². The molecule has 6 atom stereocenters. The van der Waals surface area contributed by atoms with Gasteiger partial charge in [-0.15, -0.1) is 0 Å². The van der Waals surface area contributed by atoms with Gasteiger partial charge in [-0.1, -0.05) is 33.8 Å². The second-order valence-electron chi connectivity index (χ2n) is 11.8. The summed E-state index contributed by atoms with van der Waals surface area (Å²) < 4.78 is 5.78. The van der Waals surface area contributed by atoms with Crippen LogP contribution in [0.15, 0.2) is 24.5 Å². The summed E-state index contributed by atoms with van der Waals surface area (Å²) in [7, 11) is 0. The fourth-order valence-corrected chi connectivity index (χ4v) is 8.77. The number of ether oxygens (including phenoxy) is 1. The molecule has 4 nitrogen and oxygen atoms in total. The highest BCUT2D eigenvalue weighted by Crippen LogP contribution is 2.71. The molecule has 2 heterocycles. The Bertz CT molecular complexity index is 957. The average Bonchev–Trinajstić information content (AvgIpc) is 3.09. The lowest BCUT2D eigenvalue weighted by molar-refractivity contribution is -0.164. The molecular formula is C29H42N2O2. The van der Waals surface area contributed by atoms with E-state index in [-0.39, 0.29) is 16.2 Å². The van der Waals surface area contributed by atoms with Gasteiger partial charge >= 0.3 is 0 Å². The van der Waals surface area contributed by atoms with E-state index < -0.39 is 0 Å². The second-order valence-corrected chi connectivity index (χ2v) is 11.8. The number of carbonyl (C=O) groups is 1. The smallest absolute Gasteiger partial charge is 0.222 e. The van der Waals surface area contributed by atoms with E-state index in [9.17, 15) is 4.79 Å². The van der Waals surface area contributed by atoms with Crippen LogP contribution in [0.25, 0.3) is 5.57 Å². The lowest BCUT2D eigenvalue weighted by Gasteiger charge is -2.65. The van der Waals surface area contributed by atoms with E-state index in [2.05, 4.69) is 42.8 Å². The molecular weight excluding hydrogens is 408 g/mol. The van der Waals surface area contributed by atoms with Crippen molar-refractivity contribution in [3.05, 3.63) is 30.1 Å². The molecule has 3 fully saturated rings. The van der Waals surface area contributed by atoms with Crippen molar-refractivity contribution in [3.63, 3.8) is 0 Å². The first-order valence-electron chi connectivity index (χ1n) is 13.4. The third-order valence-electron chi connectivity index (χ3n) is 10.7. The largest absolute Gasteiger partial charge is 0.492 e. The minimum Gasteiger partial charge on any atom is -0.492 e. The van der Waals surface area contributed by atoms with E-state index in [1.54, 1.807) is 0 Å². The van der Waals surface area contributed by atoms with Gasteiger partial charge in [0.2, 0.25) is 5.91 Å². The maximum atomic E-state index is 12.8. The van der Waals surface area contributed by atoms with E-state index in [4.69, 9.17) is 4.74 Å². The molecule has 6 unspecified atom stereocenters. The highest BCUT2D eigenvalue weighted by atomic mass is 16.5. The van der Waals surface area contributed by atoms with Crippen molar-refractivity contribution in [2.24, 2.45) is 28.1 Å². The van der Waals surface area contributed by atoms with Crippen LogP contribution in [0.1, 0.15) is 91.5 Å². The number of nitrogens with zero attached hydrogens (tertiary/aromatic N) is 2. The zero-order valence-corrected chi connectivity index (χ0v) is 21.3. The third kappa shape index (κ3) is 3.22. The Labute approximate surface area is 200 Å². The molecule has 3 aliphatic carbocycles. The Morgan fingerprint density at radius 2 is 1.94 bits per heavy atom. The average molecular weight is 451 g/mol. The Hall–Kier alpha value is -1.84. The van der Waals surface area contributed by atoms with Crippen molar-refractivity contribution in [1.29, 1.82) is 0 Å². The van der Waals surface area contributed by atoms with Crippen LogP contribution in [0.5, 0.6) is 5.75 Å². The van der Waals surface area contributed by atoms with Crippen LogP contribution in [-0.4, -0.2) is 35.0 Å². The Balaban J connectivity index is 1.46. The van der Waals surface area contributed by atoms with Crippen molar-refractivity contribution >= 4 is 11.5 Å². The van der Waals surface area contributed by atoms with Crippen LogP contribution < -0.4 is 4.74 Å². The van der Waals surface area contributed by atoms with Crippen LogP contribution in [-0.2, 0) is 4.79 Å². The first kappa shape index (κ1) is 22.9. The molecule has 180 valence electrons. The standard InChI is InChI=1S/C29H42N2O2/c1-6-26(32)31-16-8-13-27(3)23-12-15-28(4)22(20-17-21(33-7-2)19-30-18-20)11-14-29(28,5)24(23)9-10-25(27)31/h11,17-19,23-25H,6-10,12-16H2,1-5H3. The molecule has 4 aliphatic rings. The SMILES string of the molecule is CCOc1cncc(C2=CCC3(C)C4CCC5N(C(=O)CC)CCCC5(C)C4CCC23C)c1. The van der Waals surface area contributed by atoms with Crippen molar-refractivity contribution in [2.75, 3.05) is 13.2 Å². The van der Waals surface area contributed by atoms with Gasteiger partial charge in [0, 0.05) is 25.2 Å². The first-order chi connectivity index (χ1) is 15.8. The molecule has 0 spiro atoms. The number of pyridine rings is 1. The van der Waals surface area contributed by atoms with Gasteiger partial charge in [0.25, 0.3) is 0 Å². The number of fused-ring (bicyclic) bond motifs is 5. The summed E-state index contributed by atoms with van der Waals surface area (Å²) in [6.07, 6.45) is 15.5. The number of rotatable bonds is 4. The van der Waals surface area contributed by atoms with Crippen molar-refractivity contribution in [1.82, 2.24) is 9.88 Å². The Morgan fingerprint density at radius 3 is 2.70 bits per heavy atom. The monoisotopic (exact) mass is 450 g/mol. The molecule has 1 aromatic heterocycles. The van der Waals surface area contributed by atoms with Gasteiger partial charge < -0.3 is 9.64 Å². The predicted octanol–water partition coefficient (Wildman–Crippen LogP) is 6.51. The summed E-state index contributed by atoms with van der Waals surface area (Å²) in [6, 6.07) is 2.63. The van der Waals surface area contributed by atoms with E-state index in [0.29, 0.717) is 36.8 Å². The highest BCUT2D eigenvalue weighted by molar-refractivity contribution is 5.76. The fraction of sp³-hybridized carbons (Fsp3) is 0.724. The number of likely N-dealkylation sites (tertiary alicyclic amines) is 1. The number of allylic oxidation sites excluding steroid dienone is 2. The van der Waals surface area contributed by atoms with Crippen molar-refractivity contribution in [2.45, 2.75) is 92.0 Å². The Kier molecular flexibility index (Phi) is 5.65. The number of aromatic nitrogens is 1. The molecule has 4 heteroatoms. The fourth-order valence-electron chi connectivity index (χ4n) is 8.77. The van der Waals surface area contributed by atoms with E-state index in [0.717, 1.165) is 25.1 Å². The topological polar surface area (TPSA) is 42.4 Å². The van der Waals surface area contributed by atoms with Gasteiger partial charge in [-0.05, 0) is 97.2 Å². The van der Waals surface area contributed by atoms with E-state index in [1.807, 2.05) is 26.2 Å². The molecule has 33 heavy (non-hydrogen) atoms. The maximum Gasteiger partial charge on any atom is 0.222 e.